The van der Waals surface area contributed by atoms with Crippen molar-refractivity contribution in [2.24, 2.45) is 0 Å². The molecule has 0 saturated heterocycles. The van der Waals surface area contributed by atoms with E-state index in [9.17, 15) is 8.42 Å². The molecule has 2 aromatic carbocycles. The molecule has 2 aromatic rings. The van der Waals surface area contributed by atoms with Crippen LogP contribution < -0.4 is 10.0 Å². The first-order valence-electron chi connectivity index (χ1n) is 6.14. The molecule has 2 N–H and O–H groups in total. The van der Waals surface area contributed by atoms with Crippen LogP contribution >= 0.6 is 31.9 Å². The summed E-state index contributed by atoms with van der Waals surface area (Å²) < 4.78 is 28.7. The number of halogens is 2. The molecule has 0 unspecified atom stereocenters. The first kappa shape index (κ1) is 16.5. The summed E-state index contributed by atoms with van der Waals surface area (Å²) in [7, 11) is -1.81. The molecule has 0 heterocycles. The van der Waals surface area contributed by atoms with E-state index in [0.29, 0.717) is 21.2 Å². The number of anilines is 1. The van der Waals surface area contributed by atoms with Crippen LogP contribution in [0.2, 0.25) is 0 Å². The van der Waals surface area contributed by atoms with Crippen molar-refractivity contribution in [1.82, 2.24) is 5.32 Å². The van der Waals surface area contributed by atoms with Crippen molar-refractivity contribution in [1.29, 1.82) is 0 Å². The van der Waals surface area contributed by atoms with Gasteiger partial charge in [-0.05, 0) is 68.7 Å². The Kier molecular flexibility index (Phi) is 5.43. The van der Waals surface area contributed by atoms with Gasteiger partial charge in [0.2, 0.25) is 0 Å². The van der Waals surface area contributed by atoms with Crippen LogP contribution in [0.1, 0.15) is 5.56 Å². The van der Waals surface area contributed by atoms with Crippen LogP contribution in [0.4, 0.5) is 5.69 Å². The molecule has 0 aliphatic rings. The fourth-order valence-corrected chi connectivity index (χ4v) is 4.54. The third kappa shape index (κ3) is 4.06. The van der Waals surface area contributed by atoms with Crippen molar-refractivity contribution < 1.29 is 8.42 Å². The Labute approximate surface area is 141 Å². The zero-order valence-electron chi connectivity index (χ0n) is 11.2. The summed E-state index contributed by atoms with van der Waals surface area (Å²) in [6, 6.07) is 12.3. The molecule has 0 fully saturated rings. The number of sulfonamides is 1. The zero-order chi connectivity index (χ0) is 15.5. The SMILES string of the molecule is CNCc1ccc(S(=O)(=O)Nc2ccccc2Br)c(Br)c1. The molecule has 0 aliphatic heterocycles. The summed E-state index contributed by atoms with van der Waals surface area (Å²) in [5, 5.41) is 3.02. The lowest BCUT2D eigenvalue weighted by Gasteiger charge is -2.12. The van der Waals surface area contributed by atoms with Gasteiger partial charge in [0.1, 0.15) is 4.90 Å². The van der Waals surface area contributed by atoms with Crippen LogP contribution in [0, 0.1) is 0 Å². The molecule has 0 saturated carbocycles. The number of rotatable bonds is 5. The van der Waals surface area contributed by atoms with Crippen LogP contribution in [0.3, 0.4) is 0 Å². The van der Waals surface area contributed by atoms with E-state index in [1.807, 2.05) is 13.1 Å². The van der Waals surface area contributed by atoms with Crippen molar-refractivity contribution in [2.75, 3.05) is 11.8 Å². The highest BCUT2D eigenvalue weighted by Gasteiger charge is 2.18. The molecule has 0 aliphatic carbocycles. The normalized spacial score (nSPS) is 11.4. The molecule has 0 aromatic heterocycles. The van der Waals surface area contributed by atoms with Gasteiger partial charge in [0.15, 0.2) is 0 Å². The molecule has 21 heavy (non-hydrogen) atoms. The van der Waals surface area contributed by atoms with Crippen molar-refractivity contribution >= 4 is 47.6 Å². The molecule has 0 bridgehead atoms. The molecule has 7 heteroatoms. The van der Waals surface area contributed by atoms with E-state index < -0.39 is 10.0 Å². The number of benzene rings is 2. The lowest BCUT2D eigenvalue weighted by Crippen LogP contribution is -2.14. The molecule has 0 spiro atoms. The monoisotopic (exact) mass is 432 g/mol. The number of hydrogen-bond acceptors (Lipinski definition) is 3. The molecule has 4 nitrogen and oxygen atoms in total. The number of hydrogen-bond donors (Lipinski definition) is 2. The zero-order valence-corrected chi connectivity index (χ0v) is 15.2. The van der Waals surface area contributed by atoms with Gasteiger partial charge in [-0.2, -0.15) is 0 Å². The van der Waals surface area contributed by atoms with Crippen molar-refractivity contribution in [2.45, 2.75) is 11.4 Å². The Morgan fingerprint density at radius 2 is 1.76 bits per heavy atom. The van der Waals surface area contributed by atoms with Crippen molar-refractivity contribution in [3.63, 3.8) is 0 Å². The van der Waals surface area contributed by atoms with E-state index in [1.165, 1.54) is 0 Å². The van der Waals surface area contributed by atoms with Gasteiger partial charge in [0.05, 0.1) is 5.69 Å². The predicted octanol–water partition coefficient (Wildman–Crippen LogP) is 3.73. The Morgan fingerprint density at radius 1 is 1.05 bits per heavy atom. The topological polar surface area (TPSA) is 58.2 Å². The highest BCUT2D eigenvalue weighted by atomic mass is 79.9. The van der Waals surface area contributed by atoms with Gasteiger partial charge in [-0.1, -0.05) is 18.2 Å². The molecule has 0 amide bonds. The first-order chi connectivity index (χ1) is 9.94. The van der Waals surface area contributed by atoms with E-state index in [2.05, 4.69) is 41.9 Å². The number of nitrogens with one attached hydrogen (secondary N) is 2. The third-order valence-electron chi connectivity index (χ3n) is 2.78. The maximum Gasteiger partial charge on any atom is 0.263 e. The summed E-state index contributed by atoms with van der Waals surface area (Å²) in [5.74, 6) is 0. The van der Waals surface area contributed by atoms with Crippen molar-refractivity contribution in [3.8, 4) is 0 Å². The van der Waals surface area contributed by atoms with Gasteiger partial charge in [-0.25, -0.2) is 8.42 Å². The molecule has 112 valence electrons. The van der Waals surface area contributed by atoms with E-state index in [4.69, 9.17) is 0 Å². The summed E-state index contributed by atoms with van der Waals surface area (Å²) >= 11 is 6.65. The maximum absolute atomic E-state index is 12.5. The average molecular weight is 434 g/mol. The van der Waals surface area contributed by atoms with E-state index in [-0.39, 0.29) is 4.90 Å². The van der Waals surface area contributed by atoms with Gasteiger partial charge in [-0.3, -0.25) is 4.72 Å². The van der Waals surface area contributed by atoms with Gasteiger partial charge < -0.3 is 5.32 Å². The predicted molar refractivity (Wildman–Crippen MR) is 91.9 cm³/mol. The summed E-state index contributed by atoms with van der Waals surface area (Å²) in [6.45, 7) is 0.677. The van der Waals surface area contributed by atoms with Gasteiger partial charge >= 0.3 is 0 Å². The van der Waals surface area contributed by atoms with Crippen LogP contribution in [0.5, 0.6) is 0 Å². The Morgan fingerprint density at radius 3 is 2.38 bits per heavy atom. The fourth-order valence-electron chi connectivity index (χ4n) is 1.82. The molecular formula is C14H14Br2N2O2S. The van der Waals surface area contributed by atoms with E-state index in [0.717, 1.165) is 5.56 Å². The Balaban J connectivity index is 2.34. The lowest BCUT2D eigenvalue weighted by molar-refractivity contribution is 0.600. The second kappa shape index (κ2) is 6.91. The highest BCUT2D eigenvalue weighted by molar-refractivity contribution is 9.11. The number of para-hydroxylation sites is 1. The fraction of sp³-hybridized carbons (Fsp3) is 0.143. The van der Waals surface area contributed by atoms with Gasteiger partial charge in [0.25, 0.3) is 10.0 Å². The highest BCUT2D eigenvalue weighted by Crippen LogP contribution is 2.28. The second-order valence-electron chi connectivity index (χ2n) is 4.38. The van der Waals surface area contributed by atoms with Gasteiger partial charge in [-0.15, -0.1) is 0 Å². The minimum absolute atomic E-state index is 0.207. The first-order valence-corrected chi connectivity index (χ1v) is 9.21. The largest absolute Gasteiger partial charge is 0.316 e. The Bertz CT molecular complexity index is 748. The smallest absolute Gasteiger partial charge is 0.263 e. The van der Waals surface area contributed by atoms with Crippen LogP contribution in [-0.4, -0.2) is 15.5 Å². The molecule has 0 atom stereocenters. The maximum atomic E-state index is 12.5. The summed E-state index contributed by atoms with van der Waals surface area (Å²) in [4.78, 5) is 0.207. The third-order valence-corrected chi connectivity index (χ3v) is 5.82. The van der Waals surface area contributed by atoms with E-state index in [1.54, 1.807) is 36.4 Å². The minimum atomic E-state index is -3.65. The Hall–Kier alpha value is -0.890. The molecule has 0 radical (unpaired) electrons. The summed E-state index contributed by atoms with van der Waals surface area (Å²) in [5.41, 5.74) is 1.51. The second-order valence-corrected chi connectivity index (χ2v) is 7.74. The lowest BCUT2D eigenvalue weighted by atomic mass is 10.2. The van der Waals surface area contributed by atoms with Crippen molar-refractivity contribution in [3.05, 3.63) is 57.0 Å². The molecule has 2 rings (SSSR count). The summed E-state index contributed by atoms with van der Waals surface area (Å²) in [6.07, 6.45) is 0. The van der Waals surface area contributed by atoms with E-state index >= 15 is 0 Å². The van der Waals surface area contributed by atoms with Crippen LogP contribution in [-0.2, 0) is 16.6 Å². The minimum Gasteiger partial charge on any atom is -0.316 e. The van der Waals surface area contributed by atoms with Gasteiger partial charge in [0, 0.05) is 15.5 Å². The molecular weight excluding hydrogens is 420 g/mol. The average Bonchev–Trinajstić information content (AvgIpc) is 2.41. The van der Waals surface area contributed by atoms with Crippen LogP contribution in [0.15, 0.2) is 56.3 Å². The quantitative estimate of drug-likeness (QED) is 0.755. The van der Waals surface area contributed by atoms with Crippen LogP contribution in [0.25, 0.3) is 0 Å². The standard InChI is InChI=1S/C14H14Br2N2O2S/c1-17-9-10-6-7-14(12(16)8-10)21(19,20)18-13-5-3-2-4-11(13)15/h2-8,17-18H,9H2,1H3.